The summed E-state index contributed by atoms with van der Waals surface area (Å²) in [6.07, 6.45) is 8.78. The van der Waals surface area contributed by atoms with Gasteiger partial charge in [-0.05, 0) is 48.7 Å². The first-order valence-corrected chi connectivity index (χ1v) is 17.1. The molecule has 4 aromatic carbocycles. The summed E-state index contributed by atoms with van der Waals surface area (Å²) >= 11 is 1.66. The second-order valence-electron chi connectivity index (χ2n) is 11.5. The van der Waals surface area contributed by atoms with Gasteiger partial charge in [-0.1, -0.05) is 81.0 Å². The van der Waals surface area contributed by atoms with Crippen LogP contribution in [-0.4, -0.2) is 30.4 Å². The molecule has 1 N–H and O–H groups in total. The number of phenolic OH excluding ortho intramolecular Hbond substituents is 1. The lowest BCUT2D eigenvalue weighted by Gasteiger charge is -2.13. The number of aromatic hydroxyl groups is 1. The van der Waals surface area contributed by atoms with Gasteiger partial charge in [0.25, 0.3) is 0 Å². The lowest BCUT2D eigenvalue weighted by molar-refractivity contribution is 0.302. The lowest BCUT2D eigenvalue weighted by Crippen LogP contribution is -2.02. The number of rotatable bonds is 16. The van der Waals surface area contributed by atoms with Crippen molar-refractivity contribution in [1.29, 1.82) is 0 Å². The third-order valence-electron chi connectivity index (χ3n) is 8.14. The van der Waals surface area contributed by atoms with Crippen LogP contribution >= 0.6 is 11.3 Å². The Kier molecular flexibility index (Phi) is 10.7. The van der Waals surface area contributed by atoms with Gasteiger partial charge in [0.2, 0.25) is 0 Å². The van der Waals surface area contributed by atoms with Gasteiger partial charge in [0.05, 0.1) is 41.5 Å². The molecule has 6 rings (SSSR count). The zero-order valence-electron chi connectivity index (χ0n) is 26.6. The Balaban J connectivity index is 0.913. The maximum Gasteiger partial charge on any atom is 0.336 e. The molecule has 0 fully saturated rings. The Bertz CT molecular complexity index is 1950. The number of benzene rings is 4. The molecular formula is C39H39NO6S. The van der Waals surface area contributed by atoms with Gasteiger partial charge in [-0.25, -0.2) is 9.78 Å². The SMILES string of the molecule is COc1ccc(OCCCCCCCCCCOc2cc(O)cc3oc(=O)cc(-c4ccccc4)c23)c(-c2nc3ccccc3s2)c1. The van der Waals surface area contributed by atoms with E-state index in [9.17, 15) is 9.90 Å². The van der Waals surface area contributed by atoms with Gasteiger partial charge >= 0.3 is 5.63 Å². The van der Waals surface area contributed by atoms with Crippen molar-refractivity contribution in [3.63, 3.8) is 0 Å². The largest absolute Gasteiger partial charge is 0.508 e. The fourth-order valence-corrected chi connectivity index (χ4v) is 6.74. The van der Waals surface area contributed by atoms with Gasteiger partial charge in [0.15, 0.2) is 0 Å². The average molecular weight is 650 g/mol. The number of hydrogen-bond donors (Lipinski definition) is 1. The summed E-state index contributed by atoms with van der Waals surface area (Å²) in [5.74, 6) is 2.15. The number of aromatic nitrogens is 1. The number of nitrogens with zero attached hydrogens (tertiary/aromatic N) is 1. The van der Waals surface area contributed by atoms with Gasteiger partial charge in [-0.15, -0.1) is 11.3 Å². The zero-order valence-corrected chi connectivity index (χ0v) is 27.4. The summed E-state index contributed by atoms with van der Waals surface area (Å²) in [6, 6.07) is 28.3. The van der Waals surface area contributed by atoms with E-state index in [1.165, 1.54) is 31.4 Å². The lowest BCUT2D eigenvalue weighted by atomic mass is 10.0. The summed E-state index contributed by atoms with van der Waals surface area (Å²) in [4.78, 5) is 17.0. The van der Waals surface area contributed by atoms with Crippen LogP contribution in [-0.2, 0) is 0 Å². The van der Waals surface area contributed by atoms with Crippen molar-refractivity contribution in [3.8, 4) is 44.7 Å². The Hall–Kier alpha value is -4.82. The van der Waals surface area contributed by atoms with E-state index in [0.29, 0.717) is 29.9 Å². The second-order valence-corrected chi connectivity index (χ2v) is 12.6. The van der Waals surface area contributed by atoms with Gasteiger partial charge in [-0.3, -0.25) is 0 Å². The molecule has 47 heavy (non-hydrogen) atoms. The highest BCUT2D eigenvalue weighted by Crippen LogP contribution is 2.39. The molecule has 0 spiro atoms. The van der Waals surface area contributed by atoms with Crippen LogP contribution in [0.2, 0.25) is 0 Å². The summed E-state index contributed by atoms with van der Waals surface area (Å²) < 4.78 is 24.4. The molecule has 6 aromatic rings. The highest BCUT2D eigenvalue weighted by molar-refractivity contribution is 7.21. The third-order valence-corrected chi connectivity index (χ3v) is 9.21. The fraction of sp³-hybridized carbons (Fsp3) is 0.282. The Labute approximate surface area is 278 Å². The topological polar surface area (TPSA) is 91.0 Å². The Morgan fingerprint density at radius 2 is 1.40 bits per heavy atom. The molecule has 0 amide bonds. The first-order valence-electron chi connectivity index (χ1n) is 16.2. The first-order chi connectivity index (χ1) is 23.1. The van der Waals surface area contributed by atoms with Gasteiger partial charge in [0.1, 0.15) is 33.6 Å². The van der Waals surface area contributed by atoms with Crippen molar-refractivity contribution in [2.24, 2.45) is 0 Å². The molecule has 0 unspecified atom stereocenters. The molecule has 8 heteroatoms. The van der Waals surface area contributed by atoms with Crippen LogP contribution in [0.25, 0.3) is 42.9 Å². The summed E-state index contributed by atoms with van der Waals surface area (Å²) in [5.41, 5.74) is 3.43. The van der Waals surface area contributed by atoms with E-state index in [1.54, 1.807) is 24.5 Å². The number of hydrogen-bond acceptors (Lipinski definition) is 8. The van der Waals surface area contributed by atoms with E-state index >= 15 is 0 Å². The van der Waals surface area contributed by atoms with Gasteiger partial charge in [-0.2, -0.15) is 0 Å². The molecule has 0 saturated carbocycles. The van der Waals surface area contributed by atoms with E-state index in [0.717, 1.165) is 75.5 Å². The van der Waals surface area contributed by atoms with Crippen LogP contribution in [0.3, 0.4) is 0 Å². The average Bonchev–Trinajstić information content (AvgIpc) is 3.53. The normalized spacial score (nSPS) is 11.3. The number of fused-ring (bicyclic) bond motifs is 2. The highest BCUT2D eigenvalue weighted by atomic mass is 32.1. The zero-order chi connectivity index (χ0) is 32.4. The molecule has 2 heterocycles. The monoisotopic (exact) mass is 649 g/mol. The Morgan fingerprint density at radius 1 is 0.723 bits per heavy atom. The number of ether oxygens (including phenoxy) is 3. The van der Waals surface area contributed by atoms with E-state index < -0.39 is 5.63 Å². The number of unbranched alkanes of at least 4 members (excludes halogenated alkanes) is 7. The van der Waals surface area contributed by atoms with E-state index in [1.807, 2.05) is 66.7 Å². The molecule has 242 valence electrons. The maximum atomic E-state index is 12.2. The predicted octanol–water partition coefficient (Wildman–Crippen LogP) is 10.0. The molecule has 0 aliphatic heterocycles. The third kappa shape index (κ3) is 8.13. The van der Waals surface area contributed by atoms with Crippen molar-refractivity contribution < 1.29 is 23.7 Å². The molecular weight excluding hydrogens is 610 g/mol. The molecule has 0 aliphatic rings. The minimum absolute atomic E-state index is 0.00361. The smallest absolute Gasteiger partial charge is 0.336 e. The number of phenols is 1. The fourth-order valence-electron chi connectivity index (χ4n) is 5.75. The van der Waals surface area contributed by atoms with Crippen LogP contribution in [0.4, 0.5) is 0 Å². The van der Waals surface area contributed by atoms with Crippen molar-refractivity contribution in [2.45, 2.75) is 51.4 Å². The Morgan fingerprint density at radius 3 is 2.13 bits per heavy atom. The molecule has 0 radical (unpaired) electrons. The van der Waals surface area contributed by atoms with E-state index in [2.05, 4.69) is 6.07 Å². The van der Waals surface area contributed by atoms with Crippen LogP contribution < -0.4 is 19.8 Å². The molecule has 2 aromatic heterocycles. The van der Waals surface area contributed by atoms with Crippen molar-refractivity contribution in [2.75, 3.05) is 20.3 Å². The van der Waals surface area contributed by atoms with Gasteiger partial charge in [0, 0.05) is 23.8 Å². The standard InChI is InChI=1S/C39H39NO6S/c1-43-29-19-20-33(31(25-29)39-40-32-17-11-12-18-36(32)47-39)44-21-13-6-4-2-3-5-7-14-22-45-34-23-28(41)24-35-38(34)30(26-37(42)46-35)27-15-9-8-10-16-27/h8-12,15-20,23-26,41H,2-7,13-14,21-22H2,1H3. The van der Waals surface area contributed by atoms with Crippen molar-refractivity contribution in [1.82, 2.24) is 4.98 Å². The van der Waals surface area contributed by atoms with Crippen molar-refractivity contribution in [3.05, 3.63) is 101 Å². The first kappa shape index (κ1) is 32.1. The van der Waals surface area contributed by atoms with E-state index in [-0.39, 0.29) is 5.75 Å². The second kappa shape index (κ2) is 15.6. The predicted molar refractivity (Wildman–Crippen MR) is 189 cm³/mol. The molecule has 0 aliphatic carbocycles. The van der Waals surface area contributed by atoms with Crippen LogP contribution in [0.5, 0.6) is 23.0 Å². The van der Waals surface area contributed by atoms with Crippen LogP contribution in [0, 0.1) is 0 Å². The molecule has 0 bridgehead atoms. The quantitative estimate of drug-likeness (QED) is 0.0824. The van der Waals surface area contributed by atoms with Crippen LogP contribution in [0.1, 0.15) is 51.4 Å². The van der Waals surface area contributed by atoms with Crippen LogP contribution in [0.15, 0.2) is 100 Å². The minimum atomic E-state index is -0.465. The summed E-state index contributed by atoms with van der Waals surface area (Å²) in [5, 5.41) is 11.9. The number of para-hydroxylation sites is 1. The molecule has 0 atom stereocenters. The number of methoxy groups -OCH3 is 1. The van der Waals surface area contributed by atoms with E-state index in [4.69, 9.17) is 23.6 Å². The number of thiazole rings is 1. The molecule has 0 saturated heterocycles. The summed E-state index contributed by atoms with van der Waals surface area (Å²) in [6.45, 7) is 1.19. The summed E-state index contributed by atoms with van der Waals surface area (Å²) in [7, 11) is 1.68. The van der Waals surface area contributed by atoms with Gasteiger partial charge < -0.3 is 23.7 Å². The molecule has 7 nitrogen and oxygen atoms in total. The maximum absolute atomic E-state index is 12.2. The van der Waals surface area contributed by atoms with Crippen molar-refractivity contribution >= 4 is 32.5 Å². The minimum Gasteiger partial charge on any atom is -0.508 e. The highest BCUT2D eigenvalue weighted by Gasteiger charge is 2.16.